The van der Waals surface area contributed by atoms with Gasteiger partial charge in [0.2, 0.25) is 0 Å². The van der Waals surface area contributed by atoms with E-state index in [1.54, 1.807) is 0 Å². The van der Waals surface area contributed by atoms with Crippen LogP contribution in [0.1, 0.15) is 27.7 Å². The molecule has 0 N–H and O–H groups in total. The van der Waals surface area contributed by atoms with Crippen molar-refractivity contribution in [2.24, 2.45) is 0 Å². The van der Waals surface area contributed by atoms with Crippen LogP contribution in [0.4, 0.5) is 0 Å². The van der Waals surface area contributed by atoms with Crippen LogP contribution in [0.2, 0.25) is 0 Å². The normalized spacial score (nSPS) is 17.8. The van der Waals surface area contributed by atoms with Gasteiger partial charge in [0.05, 0.1) is 0 Å². The van der Waals surface area contributed by atoms with Crippen molar-refractivity contribution in [1.29, 1.82) is 0 Å². The molecule has 0 saturated carbocycles. The maximum atomic E-state index is 2.22. The second kappa shape index (κ2) is 6.12. The van der Waals surface area contributed by atoms with Gasteiger partial charge in [0.1, 0.15) is 0 Å². The Morgan fingerprint density at radius 2 is 1.56 bits per heavy atom. The van der Waals surface area contributed by atoms with Crippen molar-refractivity contribution in [1.82, 2.24) is 0 Å². The molecule has 0 bridgehead atoms. The third kappa shape index (κ3) is 2.96. The second-order valence-electron chi connectivity index (χ2n) is 3.68. The first-order chi connectivity index (χ1) is 7.77. The molecule has 0 fully saturated rings. The van der Waals surface area contributed by atoms with Gasteiger partial charge >= 0.3 is 0 Å². The molecule has 0 atom stereocenters. The Balaban J connectivity index is 0.000000606. The van der Waals surface area contributed by atoms with Gasteiger partial charge in [-0.15, -0.1) is 0 Å². The SMILES string of the molecule is CC.CC1=CC2=CC=CC=CC2=C(C)C=C1. The van der Waals surface area contributed by atoms with E-state index >= 15 is 0 Å². The molecular weight excluding hydrogens is 192 g/mol. The second-order valence-corrected chi connectivity index (χ2v) is 3.68. The Bertz CT molecular complexity index is 421. The fourth-order valence-corrected chi connectivity index (χ4v) is 1.69. The number of allylic oxidation sites excluding steroid dienone is 12. The first kappa shape index (κ1) is 12.5. The lowest BCUT2D eigenvalue weighted by molar-refractivity contribution is 1.42. The zero-order valence-corrected chi connectivity index (χ0v) is 10.6. The summed E-state index contributed by atoms with van der Waals surface area (Å²) in [5, 5.41) is 0. The number of hydrogen-bond acceptors (Lipinski definition) is 0. The van der Waals surface area contributed by atoms with Crippen LogP contribution in [0.3, 0.4) is 0 Å². The summed E-state index contributed by atoms with van der Waals surface area (Å²) < 4.78 is 0. The molecule has 0 heteroatoms. The van der Waals surface area contributed by atoms with Gasteiger partial charge < -0.3 is 0 Å². The lowest BCUT2D eigenvalue weighted by Crippen LogP contribution is -1.85. The average Bonchev–Trinajstić information content (AvgIpc) is 2.59. The van der Waals surface area contributed by atoms with Gasteiger partial charge in [-0.2, -0.15) is 0 Å². The third-order valence-corrected chi connectivity index (χ3v) is 2.48. The van der Waals surface area contributed by atoms with Crippen molar-refractivity contribution < 1.29 is 0 Å². The van der Waals surface area contributed by atoms with Crippen molar-refractivity contribution in [2.75, 3.05) is 0 Å². The van der Waals surface area contributed by atoms with Crippen molar-refractivity contribution >= 4 is 0 Å². The molecule has 0 heterocycles. The minimum absolute atomic E-state index is 1.30. The summed E-state index contributed by atoms with van der Waals surface area (Å²) >= 11 is 0. The fraction of sp³-hybridized carbons (Fsp3) is 0.250. The maximum absolute atomic E-state index is 2.22. The predicted octanol–water partition coefficient (Wildman–Crippen LogP) is 4.90. The molecule has 0 aromatic rings. The Morgan fingerprint density at radius 3 is 2.31 bits per heavy atom. The van der Waals surface area contributed by atoms with Crippen LogP contribution in [0.5, 0.6) is 0 Å². The van der Waals surface area contributed by atoms with Gasteiger partial charge in [-0.05, 0) is 30.6 Å². The molecule has 0 amide bonds. The molecule has 84 valence electrons. The van der Waals surface area contributed by atoms with Crippen LogP contribution in [-0.4, -0.2) is 0 Å². The summed E-state index contributed by atoms with van der Waals surface area (Å²) in [5.41, 5.74) is 5.25. The molecule has 0 radical (unpaired) electrons. The Hall–Kier alpha value is -1.56. The predicted molar refractivity (Wildman–Crippen MR) is 73.3 cm³/mol. The van der Waals surface area contributed by atoms with Crippen LogP contribution < -0.4 is 0 Å². The van der Waals surface area contributed by atoms with E-state index in [4.69, 9.17) is 0 Å². The monoisotopic (exact) mass is 212 g/mol. The Kier molecular flexibility index (Phi) is 4.78. The molecular formula is C16H20. The molecule has 0 unspecified atom stereocenters. The van der Waals surface area contributed by atoms with Crippen molar-refractivity contribution in [3.05, 3.63) is 70.9 Å². The van der Waals surface area contributed by atoms with E-state index in [1.165, 1.54) is 22.3 Å². The highest BCUT2D eigenvalue weighted by Gasteiger charge is 2.06. The van der Waals surface area contributed by atoms with Gasteiger partial charge in [-0.3, -0.25) is 0 Å². The summed E-state index contributed by atoms with van der Waals surface area (Å²) in [6.07, 6.45) is 17.1. The summed E-state index contributed by atoms with van der Waals surface area (Å²) in [5.74, 6) is 0. The maximum Gasteiger partial charge on any atom is -0.0155 e. The standard InChI is InChI=1S/C14H14.C2H6/c1-11-8-9-12(2)14-7-5-3-4-6-13(14)10-11;1-2/h3-10H,1-2H3;1-2H3. The Morgan fingerprint density at radius 1 is 0.812 bits per heavy atom. The average molecular weight is 212 g/mol. The van der Waals surface area contributed by atoms with Crippen LogP contribution in [0.15, 0.2) is 70.9 Å². The highest BCUT2D eigenvalue weighted by Crippen LogP contribution is 2.25. The van der Waals surface area contributed by atoms with E-state index in [0.717, 1.165) is 0 Å². The summed E-state index contributed by atoms with van der Waals surface area (Å²) in [6.45, 7) is 8.29. The molecule has 0 nitrogen and oxygen atoms in total. The molecule has 16 heavy (non-hydrogen) atoms. The largest absolute Gasteiger partial charge is 0.0683 e. The minimum Gasteiger partial charge on any atom is -0.0683 e. The van der Waals surface area contributed by atoms with Gasteiger partial charge in [0.25, 0.3) is 0 Å². The van der Waals surface area contributed by atoms with Crippen LogP contribution in [-0.2, 0) is 0 Å². The molecule has 0 aromatic heterocycles. The summed E-state index contributed by atoms with van der Waals surface area (Å²) in [4.78, 5) is 0. The van der Waals surface area contributed by atoms with E-state index in [1.807, 2.05) is 13.8 Å². The van der Waals surface area contributed by atoms with E-state index in [2.05, 4.69) is 62.5 Å². The molecule has 2 rings (SSSR count). The van der Waals surface area contributed by atoms with E-state index < -0.39 is 0 Å². The minimum atomic E-state index is 1.30. The molecule has 2 aliphatic rings. The lowest BCUT2D eigenvalue weighted by atomic mass is 10.0. The lowest BCUT2D eigenvalue weighted by Gasteiger charge is -2.03. The van der Waals surface area contributed by atoms with Crippen molar-refractivity contribution in [2.45, 2.75) is 27.7 Å². The van der Waals surface area contributed by atoms with Crippen molar-refractivity contribution in [3.8, 4) is 0 Å². The third-order valence-electron chi connectivity index (χ3n) is 2.48. The fourth-order valence-electron chi connectivity index (χ4n) is 1.69. The number of hydrogen-bond donors (Lipinski definition) is 0. The smallest absolute Gasteiger partial charge is 0.0155 e. The Labute approximate surface area is 99.1 Å². The molecule has 2 aliphatic carbocycles. The van der Waals surface area contributed by atoms with Gasteiger partial charge in [0, 0.05) is 0 Å². The molecule has 0 spiro atoms. The zero-order chi connectivity index (χ0) is 12.0. The highest BCUT2D eigenvalue weighted by molar-refractivity contribution is 5.58. The van der Waals surface area contributed by atoms with Gasteiger partial charge in [-0.1, -0.05) is 68.0 Å². The van der Waals surface area contributed by atoms with Gasteiger partial charge in [0.15, 0.2) is 0 Å². The zero-order valence-electron chi connectivity index (χ0n) is 10.6. The molecule has 0 saturated heterocycles. The van der Waals surface area contributed by atoms with E-state index in [0.29, 0.717) is 0 Å². The molecule has 0 aliphatic heterocycles. The summed E-state index contributed by atoms with van der Waals surface area (Å²) in [7, 11) is 0. The molecule has 0 aromatic carbocycles. The summed E-state index contributed by atoms with van der Waals surface area (Å²) in [6, 6.07) is 0. The highest BCUT2D eigenvalue weighted by atomic mass is 14.1. The topological polar surface area (TPSA) is 0 Å². The van der Waals surface area contributed by atoms with E-state index in [9.17, 15) is 0 Å². The quantitative estimate of drug-likeness (QED) is 0.536. The van der Waals surface area contributed by atoms with Crippen LogP contribution >= 0.6 is 0 Å². The number of rotatable bonds is 0. The first-order valence-corrected chi connectivity index (χ1v) is 5.90. The van der Waals surface area contributed by atoms with Crippen LogP contribution in [0.25, 0.3) is 0 Å². The van der Waals surface area contributed by atoms with Crippen LogP contribution in [0, 0.1) is 0 Å². The van der Waals surface area contributed by atoms with E-state index in [-0.39, 0.29) is 0 Å². The van der Waals surface area contributed by atoms with Gasteiger partial charge in [-0.25, -0.2) is 0 Å². The first-order valence-electron chi connectivity index (χ1n) is 5.90. The van der Waals surface area contributed by atoms with Crippen molar-refractivity contribution in [3.63, 3.8) is 0 Å². The number of fused-ring (bicyclic) bond motifs is 1.